The molecule has 2 atom stereocenters. The molecule has 1 amide bonds. The summed E-state index contributed by atoms with van der Waals surface area (Å²) in [6.45, 7) is 5.61. The normalized spacial score (nSPS) is 17.1. The number of rotatable bonds is 8. The molecule has 2 unspecified atom stereocenters. The molecule has 5 aromatic rings. The number of nitriles is 1. The van der Waals surface area contributed by atoms with Crippen LogP contribution in [-0.2, 0) is 9.53 Å². The van der Waals surface area contributed by atoms with Crippen LogP contribution in [0.3, 0.4) is 0 Å². The van der Waals surface area contributed by atoms with Crippen molar-refractivity contribution in [1.29, 1.82) is 5.26 Å². The van der Waals surface area contributed by atoms with Crippen molar-refractivity contribution in [3.63, 3.8) is 0 Å². The number of aliphatic hydroxyl groups excluding tert-OH is 1. The quantitative estimate of drug-likeness (QED) is 0.219. The number of likely N-dealkylation sites (tertiary alicyclic amines) is 1. The van der Waals surface area contributed by atoms with Crippen LogP contribution in [0.1, 0.15) is 18.9 Å². The number of pyridine rings is 1. The van der Waals surface area contributed by atoms with Crippen LogP contribution < -0.4 is 9.64 Å². The predicted molar refractivity (Wildman–Crippen MR) is 183 cm³/mol. The van der Waals surface area contributed by atoms with E-state index in [0.29, 0.717) is 30.8 Å². The van der Waals surface area contributed by atoms with Crippen molar-refractivity contribution >= 4 is 34.6 Å². The summed E-state index contributed by atoms with van der Waals surface area (Å²) in [7, 11) is 0. The van der Waals surface area contributed by atoms with Gasteiger partial charge in [0.2, 0.25) is 0 Å². The molecular weight excluding hydrogens is 611 g/mol. The zero-order chi connectivity index (χ0) is 32.3. The van der Waals surface area contributed by atoms with Crippen LogP contribution in [0.5, 0.6) is 5.75 Å². The lowest BCUT2D eigenvalue weighted by Crippen LogP contribution is -2.37. The smallest absolute Gasteiger partial charge is 0.251 e. The molecule has 2 saturated heterocycles. The van der Waals surface area contributed by atoms with E-state index in [9.17, 15) is 15.2 Å². The van der Waals surface area contributed by atoms with Gasteiger partial charge in [0.25, 0.3) is 5.91 Å². The monoisotopic (exact) mass is 645 g/mol. The standard InChI is InChI=1S/C37H35N5O4S/c1-25(43)37(44)41-16-14-30(24-41)46-35-12-9-27(21-28(35)23-38)32-13-15-39-36-33(32)22-34(42(36)47-31-5-3-2-4-6-31)26-7-10-29(11-8-26)40-17-19-45-20-18-40/h2-13,15,21-22,25,30,43H,14,16-20,24H2,1H3. The molecule has 2 fully saturated rings. The molecular formula is C37H35N5O4S. The van der Waals surface area contributed by atoms with Gasteiger partial charge in [0, 0.05) is 48.2 Å². The first-order chi connectivity index (χ1) is 23.0. The number of amides is 1. The Hall–Kier alpha value is -4.82. The van der Waals surface area contributed by atoms with Gasteiger partial charge in [-0.05, 0) is 84.1 Å². The zero-order valence-electron chi connectivity index (χ0n) is 26.1. The molecule has 2 aliphatic rings. The van der Waals surface area contributed by atoms with E-state index in [2.05, 4.69) is 57.4 Å². The average molecular weight is 646 g/mol. The van der Waals surface area contributed by atoms with Crippen LogP contribution in [0, 0.1) is 11.3 Å². The summed E-state index contributed by atoms with van der Waals surface area (Å²) in [5.41, 5.74) is 6.39. The van der Waals surface area contributed by atoms with Gasteiger partial charge in [0.1, 0.15) is 24.0 Å². The maximum atomic E-state index is 12.2. The molecule has 0 bridgehead atoms. The van der Waals surface area contributed by atoms with Crippen molar-refractivity contribution in [1.82, 2.24) is 13.9 Å². The Labute approximate surface area is 278 Å². The molecule has 2 aliphatic heterocycles. The van der Waals surface area contributed by atoms with Gasteiger partial charge in [-0.3, -0.25) is 8.77 Å². The van der Waals surface area contributed by atoms with Gasteiger partial charge in [-0.1, -0.05) is 36.4 Å². The van der Waals surface area contributed by atoms with Crippen molar-refractivity contribution in [2.45, 2.75) is 30.4 Å². The summed E-state index contributed by atoms with van der Waals surface area (Å²) in [4.78, 5) is 22.1. The van der Waals surface area contributed by atoms with E-state index in [1.165, 1.54) is 12.6 Å². The van der Waals surface area contributed by atoms with Gasteiger partial charge in [-0.25, -0.2) is 4.98 Å². The molecule has 7 rings (SSSR count). The minimum atomic E-state index is -1.05. The van der Waals surface area contributed by atoms with Gasteiger partial charge in [0.05, 0.1) is 31.0 Å². The van der Waals surface area contributed by atoms with Crippen LogP contribution in [0.25, 0.3) is 33.4 Å². The number of aromatic nitrogens is 2. The van der Waals surface area contributed by atoms with Gasteiger partial charge >= 0.3 is 0 Å². The number of morpholine rings is 1. The Morgan fingerprint density at radius 2 is 1.79 bits per heavy atom. The molecule has 0 spiro atoms. The molecule has 0 aliphatic carbocycles. The first kappa shape index (κ1) is 30.8. The number of nitrogens with zero attached hydrogens (tertiary/aromatic N) is 5. The molecule has 3 aromatic carbocycles. The topological polar surface area (TPSA) is 104 Å². The molecule has 1 N–H and O–H groups in total. The van der Waals surface area contributed by atoms with E-state index in [1.807, 2.05) is 48.7 Å². The van der Waals surface area contributed by atoms with Crippen LogP contribution in [0.15, 0.2) is 96.0 Å². The number of carbonyl (C=O) groups is 1. The van der Waals surface area contributed by atoms with Crippen molar-refractivity contribution < 1.29 is 19.4 Å². The number of benzene rings is 3. The van der Waals surface area contributed by atoms with E-state index in [0.717, 1.165) is 64.6 Å². The number of hydrogen-bond acceptors (Lipinski definition) is 8. The molecule has 10 heteroatoms. The second kappa shape index (κ2) is 13.5. The Morgan fingerprint density at radius 1 is 1.02 bits per heavy atom. The maximum absolute atomic E-state index is 12.2. The largest absolute Gasteiger partial charge is 0.487 e. The summed E-state index contributed by atoms with van der Waals surface area (Å²) < 4.78 is 13.9. The summed E-state index contributed by atoms with van der Waals surface area (Å²) in [6.07, 6.45) is 1.16. The van der Waals surface area contributed by atoms with Gasteiger partial charge in [-0.2, -0.15) is 5.26 Å². The van der Waals surface area contributed by atoms with E-state index in [4.69, 9.17) is 14.5 Å². The van der Waals surface area contributed by atoms with Crippen LogP contribution in [0.2, 0.25) is 0 Å². The summed E-state index contributed by atoms with van der Waals surface area (Å²) in [6, 6.07) is 31.1. The number of carbonyl (C=O) groups excluding carboxylic acids is 1. The molecule has 0 radical (unpaired) electrons. The third-order valence-electron chi connectivity index (χ3n) is 8.66. The number of aliphatic hydroxyl groups is 1. The number of hydrogen-bond donors (Lipinski definition) is 1. The summed E-state index contributed by atoms with van der Waals surface area (Å²) in [5.74, 6) is 0.176. The highest BCUT2D eigenvalue weighted by atomic mass is 32.2. The van der Waals surface area contributed by atoms with Crippen molar-refractivity contribution in [3.8, 4) is 34.2 Å². The molecule has 4 heterocycles. The Balaban J connectivity index is 1.23. The first-order valence-electron chi connectivity index (χ1n) is 15.8. The SMILES string of the molecule is CC(O)C(=O)N1CCC(Oc2ccc(-c3ccnc4c3cc(-c3ccc(N5CCOCC5)cc3)n4Sc3ccccc3)cc2C#N)C1. The summed E-state index contributed by atoms with van der Waals surface area (Å²) >= 11 is 1.62. The molecule has 9 nitrogen and oxygen atoms in total. The van der Waals surface area contributed by atoms with Crippen molar-refractivity contribution in [2.24, 2.45) is 0 Å². The highest BCUT2D eigenvalue weighted by Gasteiger charge is 2.30. The fraction of sp³-hybridized carbons (Fsp3) is 0.270. The van der Waals surface area contributed by atoms with E-state index in [1.54, 1.807) is 16.8 Å². The lowest BCUT2D eigenvalue weighted by molar-refractivity contribution is -0.138. The molecule has 0 saturated carbocycles. The molecule has 238 valence electrons. The highest BCUT2D eigenvalue weighted by Crippen LogP contribution is 2.39. The summed E-state index contributed by atoms with van der Waals surface area (Å²) in [5, 5.41) is 20.8. The lowest BCUT2D eigenvalue weighted by atomic mass is 10.0. The third kappa shape index (κ3) is 6.43. The minimum absolute atomic E-state index is 0.246. The fourth-order valence-corrected chi connectivity index (χ4v) is 7.21. The Bertz CT molecular complexity index is 1930. The number of fused-ring (bicyclic) bond motifs is 1. The lowest BCUT2D eigenvalue weighted by Gasteiger charge is -2.28. The average Bonchev–Trinajstić information content (AvgIpc) is 3.74. The fourth-order valence-electron chi connectivity index (χ4n) is 6.23. The van der Waals surface area contributed by atoms with Gasteiger partial charge < -0.3 is 24.4 Å². The number of anilines is 1. The predicted octanol–water partition coefficient (Wildman–Crippen LogP) is 5.99. The van der Waals surface area contributed by atoms with Gasteiger partial charge in [0.15, 0.2) is 5.65 Å². The van der Waals surface area contributed by atoms with E-state index < -0.39 is 6.10 Å². The van der Waals surface area contributed by atoms with Crippen LogP contribution in [0.4, 0.5) is 5.69 Å². The zero-order valence-corrected chi connectivity index (χ0v) is 26.9. The minimum Gasteiger partial charge on any atom is -0.487 e. The Kier molecular flexibility index (Phi) is 8.85. The third-order valence-corrected chi connectivity index (χ3v) is 9.69. The van der Waals surface area contributed by atoms with Crippen LogP contribution >= 0.6 is 11.9 Å². The van der Waals surface area contributed by atoms with E-state index >= 15 is 0 Å². The number of ether oxygens (including phenoxy) is 2. The van der Waals surface area contributed by atoms with Gasteiger partial charge in [-0.15, -0.1) is 0 Å². The maximum Gasteiger partial charge on any atom is 0.251 e. The van der Waals surface area contributed by atoms with E-state index in [-0.39, 0.29) is 12.0 Å². The second-order valence-electron chi connectivity index (χ2n) is 11.8. The highest BCUT2D eigenvalue weighted by molar-refractivity contribution is 7.98. The van der Waals surface area contributed by atoms with Crippen molar-refractivity contribution in [2.75, 3.05) is 44.3 Å². The molecule has 2 aromatic heterocycles. The Morgan fingerprint density at radius 3 is 2.53 bits per heavy atom. The second-order valence-corrected chi connectivity index (χ2v) is 12.8. The van der Waals surface area contributed by atoms with Crippen molar-refractivity contribution in [3.05, 3.63) is 96.7 Å². The first-order valence-corrected chi connectivity index (χ1v) is 16.6. The van der Waals surface area contributed by atoms with Crippen LogP contribution in [-0.4, -0.2) is 76.5 Å². The molecule has 47 heavy (non-hydrogen) atoms.